The summed E-state index contributed by atoms with van der Waals surface area (Å²) in [6, 6.07) is 8.85. The summed E-state index contributed by atoms with van der Waals surface area (Å²) < 4.78 is 0. The van der Waals surface area contributed by atoms with Crippen molar-refractivity contribution in [1.82, 2.24) is 0 Å². The van der Waals surface area contributed by atoms with Crippen molar-refractivity contribution in [3.8, 4) is 0 Å². The van der Waals surface area contributed by atoms with E-state index < -0.39 is 0 Å². The summed E-state index contributed by atoms with van der Waals surface area (Å²) in [6.45, 7) is 6.44. The fourth-order valence-electron chi connectivity index (χ4n) is 3.14. The molecule has 0 bridgehead atoms. The summed E-state index contributed by atoms with van der Waals surface area (Å²) in [5, 5.41) is 0. The molecule has 2 nitrogen and oxygen atoms in total. The second kappa shape index (κ2) is 5.75. The van der Waals surface area contributed by atoms with Gasteiger partial charge in [-0.15, -0.1) is 0 Å². The van der Waals surface area contributed by atoms with Crippen LogP contribution in [-0.4, -0.2) is 18.6 Å². The molecule has 0 spiro atoms. The molecule has 1 aliphatic rings. The summed E-state index contributed by atoms with van der Waals surface area (Å²) in [7, 11) is 0. The molecule has 2 rings (SSSR count). The van der Waals surface area contributed by atoms with Crippen LogP contribution < -0.4 is 10.6 Å². The molecule has 0 aromatic heterocycles. The number of aryl methyl sites for hydroxylation is 1. The molecule has 1 atom stereocenters. The van der Waals surface area contributed by atoms with Crippen LogP contribution in [0.4, 0.5) is 5.69 Å². The summed E-state index contributed by atoms with van der Waals surface area (Å²) >= 11 is 0. The summed E-state index contributed by atoms with van der Waals surface area (Å²) in [6.07, 6.45) is 6.12. The molecule has 1 aliphatic heterocycles. The van der Waals surface area contributed by atoms with Crippen LogP contribution in [0.25, 0.3) is 0 Å². The van der Waals surface area contributed by atoms with Gasteiger partial charge in [-0.25, -0.2) is 0 Å². The number of hydrogen-bond donors (Lipinski definition) is 1. The van der Waals surface area contributed by atoms with Crippen molar-refractivity contribution in [2.75, 3.05) is 18.0 Å². The van der Waals surface area contributed by atoms with Gasteiger partial charge in [0.2, 0.25) is 0 Å². The minimum atomic E-state index is 0.106. The van der Waals surface area contributed by atoms with Gasteiger partial charge in [-0.3, -0.25) is 0 Å². The molecule has 0 saturated carbocycles. The Kier molecular flexibility index (Phi) is 4.28. The van der Waals surface area contributed by atoms with Crippen LogP contribution in [0.1, 0.15) is 45.1 Å². The van der Waals surface area contributed by atoms with Crippen molar-refractivity contribution in [2.45, 2.75) is 51.5 Å². The lowest BCUT2D eigenvalue weighted by Crippen LogP contribution is -2.52. The number of anilines is 1. The van der Waals surface area contributed by atoms with E-state index in [0.29, 0.717) is 0 Å². The fourth-order valence-corrected chi connectivity index (χ4v) is 3.14. The standard InChI is InChI=1S/C16H26N2/c1-3-11-16(2,13-17)18-12-7-6-9-14-8-4-5-10-15(14)18/h4-5,8,10H,3,6-7,9,11-13,17H2,1-2H3. The van der Waals surface area contributed by atoms with Crippen LogP contribution in [0.3, 0.4) is 0 Å². The molecule has 1 aromatic carbocycles. The first kappa shape index (κ1) is 13.4. The Hall–Kier alpha value is -1.02. The van der Waals surface area contributed by atoms with Gasteiger partial charge in [0.25, 0.3) is 0 Å². The molecule has 2 heteroatoms. The van der Waals surface area contributed by atoms with Gasteiger partial charge in [0.15, 0.2) is 0 Å². The zero-order valence-electron chi connectivity index (χ0n) is 11.8. The maximum absolute atomic E-state index is 6.09. The first-order valence-electron chi connectivity index (χ1n) is 7.27. The van der Waals surface area contributed by atoms with Gasteiger partial charge in [-0.2, -0.15) is 0 Å². The lowest BCUT2D eigenvalue weighted by Gasteiger charge is -2.43. The predicted octanol–water partition coefficient (Wildman–Crippen LogP) is 3.35. The quantitative estimate of drug-likeness (QED) is 0.883. The molecule has 0 radical (unpaired) electrons. The Morgan fingerprint density at radius 2 is 2.06 bits per heavy atom. The van der Waals surface area contributed by atoms with E-state index in [9.17, 15) is 0 Å². The van der Waals surface area contributed by atoms with Crippen molar-refractivity contribution in [1.29, 1.82) is 0 Å². The maximum Gasteiger partial charge on any atom is 0.0496 e. The Morgan fingerprint density at radius 1 is 1.28 bits per heavy atom. The van der Waals surface area contributed by atoms with Crippen LogP contribution in [0.2, 0.25) is 0 Å². The zero-order chi connectivity index (χ0) is 13.0. The number of rotatable bonds is 4. The molecule has 100 valence electrons. The zero-order valence-corrected chi connectivity index (χ0v) is 11.8. The Balaban J connectivity index is 2.37. The molecule has 2 N–H and O–H groups in total. The summed E-state index contributed by atoms with van der Waals surface area (Å²) in [5.74, 6) is 0. The van der Waals surface area contributed by atoms with Gasteiger partial charge in [0.05, 0.1) is 0 Å². The van der Waals surface area contributed by atoms with E-state index in [-0.39, 0.29) is 5.54 Å². The number of benzene rings is 1. The summed E-state index contributed by atoms with van der Waals surface area (Å²) in [4.78, 5) is 2.57. The Bertz CT molecular complexity index is 388. The molecule has 0 fully saturated rings. The van der Waals surface area contributed by atoms with Gasteiger partial charge < -0.3 is 10.6 Å². The Morgan fingerprint density at radius 3 is 2.78 bits per heavy atom. The molecule has 1 unspecified atom stereocenters. The van der Waals surface area contributed by atoms with Gasteiger partial charge in [-0.05, 0) is 44.2 Å². The number of para-hydroxylation sites is 1. The van der Waals surface area contributed by atoms with E-state index in [1.54, 1.807) is 0 Å². The van der Waals surface area contributed by atoms with Crippen molar-refractivity contribution in [3.05, 3.63) is 29.8 Å². The van der Waals surface area contributed by atoms with E-state index in [2.05, 4.69) is 43.0 Å². The first-order valence-corrected chi connectivity index (χ1v) is 7.27. The highest BCUT2D eigenvalue weighted by Crippen LogP contribution is 2.33. The van der Waals surface area contributed by atoms with Gasteiger partial charge >= 0.3 is 0 Å². The van der Waals surface area contributed by atoms with Crippen LogP contribution in [0.15, 0.2) is 24.3 Å². The monoisotopic (exact) mass is 246 g/mol. The van der Waals surface area contributed by atoms with E-state index >= 15 is 0 Å². The highest BCUT2D eigenvalue weighted by molar-refractivity contribution is 5.56. The number of hydrogen-bond acceptors (Lipinski definition) is 2. The van der Waals surface area contributed by atoms with Crippen LogP contribution in [0, 0.1) is 0 Å². The van der Waals surface area contributed by atoms with Crippen molar-refractivity contribution < 1.29 is 0 Å². The first-order chi connectivity index (χ1) is 8.71. The molecule has 0 saturated heterocycles. The average molecular weight is 246 g/mol. The van der Waals surface area contributed by atoms with Crippen LogP contribution in [-0.2, 0) is 6.42 Å². The third kappa shape index (κ3) is 2.54. The molecule has 1 heterocycles. The lowest BCUT2D eigenvalue weighted by molar-refractivity contribution is 0.394. The third-order valence-corrected chi connectivity index (χ3v) is 4.24. The largest absolute Gasteiger partial charge is 0.365 e. The van der Waals surface area contributed by atoms with Crippen molar-refractivity contribution in [3.63, 3.8) is 0 Å². The van der Waals surface area contributed by atoms with Gasteiger partial charge in [0.1, 0.15) is 0 Å². The van der Waals surface area contributed by atoms with Crippen molar-refractivity contribution in [2.24, 2.45) is 5.73 Å². The smallest absolute Gasteiger partial charge is 0.0496 e. The minimum Gasteiger partial charge on any atom is -0.365 e. The second-order valence-corrected chi connectivity index (χ2v) is 5.69. The third-order valence-electron chi connectivity index (χ3n) is 4.24. The number of nitrogens with two attached hydrogens (primary N) is 1. The van der Waals surface area contributed by atoms with E-state index in [4.69, 9.17) is 5.73 Å². The van der Waals surface area contributed by atoms with E-state index in [1.807, 2.05) is 0 Å². The summed E-state index contributed by atoms with van der Waals surface area (Å²) in [5.41, 5.74) is 9.10. The van der Waals surface area contributed by atoms with Crippen LogP contribution in [0.5, 0.6) is 0 Å². The van der Waals surface area contributed by atoms with Crippen LogP contribution >= 0.6 is 0 Å². The molecule has 18 heavy (non-hydrogen) atoms. The minimum absolute atomic E-state index is 0.106. The van der Waals surface area contributed by atoms with Gasteiger partial charge in [0, 0.05) is 24.3 Å². The van der Waals surface area contributed by atoms with E-state index in [0.717, 1.165) is 19.5 Å². The van der Waals surface area contributed by atoms with Gasteiger partial charge in [-0.1, -0.05) is 31.5 Å². The molecule has 0 aliphatic carbocycles. The van der Waals surface area contributed by atoms with Crippen molar-refractivity contribution >= 4 is 5.69 Å². The predicted molar refractivity (Wildman–Crippen MR) is 79.1 cm³/mol. The normalized spacial score (nSPS) is 18.9. The number of fused-ring (bicyclic) bond motifs is 1. The molecule has 1 aromatic rings. The lowest BCUT2D eigenvalue weighted by atomic mass is 9.92. The molecular formula is C16H26N2. The van der Waals surface area contributed by atoms with E-state index in [1.165, 1.54) is 36.9 Å². The highest BCUT2D eigenvalue weighted by atomic mass is 15.2. The Labute approximate surface area is 111 Å². The molecule has 0 amide bonds. The fraction of sp³-hybridized carbons (Fsp3) is 0.625. The average Bonchev–Trinajstić information content (AvgIpc) is 2.61. The SMILES string of the molecule is CCCC(C)(CN)N1CCCCc2ccccc21. The number of nitrogens with zero attached hydrogens (tertiary/aromatic N) is 1. The topological polar surface area (TPSA) is 29.3 Å². The highest BCUT2D eigenvalue weighted by Gasteiger charge is 2.31. The second-order valence-electron chi connectivity index (χ2n) is 5.69. The molecular weight excluding hydrogens is 220 g/mol. The maximum atomic E-state index is 6.09.